The Morgan fingerprint density at radius 2 is 1.44 bits per heavy atom. The van der Waals surface area contributed by atoms with Gasteiger partial charge in [0.05, 0.1) is 11.8 Å². The van der Waals surface area contributed by atoms with Crippen molar-refractivity contribution in [1.82, 2.24) is 10.7 Å². The van der Waals surface area contributed by atoms with Gasteiger partial charge < -0.3 is 5.32 Å². The van der Waals surface area contributed by atoms with Crippen molar-refractivity contribution < 1.29 is 31.5 Å². The van der Waals surface area contributed by atoms with Crippen LogP contribution in [0.4, 0.5) is 22.0 Å². The molecule has 0 saturated heterocycles. The number of nitrogens with one attached hydrogen (secondary N) is 2. The number of amides is 2. The molecule has 5 nitrogen and oxygen atoms in total. The predicted molar refractivity (Wildman–Crippen MR) is 85.3 cm³/mol. The standard InChI is InChI=1S/C17H12F5N3O2/c1-8(24-17(27)9-5-3-2-4-6-9)16(26)25-23-7-10-11(18)13(20)15(22)14(21)12(10)19/h2-8H,1H3,(H,24,27)(H,25,26)/b23-7+. The summed E-state index contributed by atoms with van der Waals surface area (Å²) in [6.45, 7) is 1.31. The van der Waals surface area contributed by atoms with E-state index < -0.39 is 52.5 Å². The van der Waals surface area contributed by atoms with Crippen molar-refractivity contribution in [3.63, 3.8) is 0 Å². The molecule has 2 aromatic carbocycles. The lowest BCUT2D eigenvalue weighted by atomic mass is 10.2. The van der Waals surface area contributed by atoms with Crippen LogP contribution < -0.4 is 10.7 Å². The molecule has 10 heteroatoms. The molecule has 0 aliphatic carbocycles. The van der Waals surface area contributed by atoms with Crippen molar-refractivity contribution in [2.75, 3.05) is 0 Å². The van der Waals surface area contributed by atoms with Crippen molar-refractivity contribution in [3.05, 3.63) is 70.5 Å². The van der Waals surface area contributed by atoms with Gasteiger partial charge in [0.25, 0.3) is 11.8 Å². The Kier molecular flexibility index (Phi) is 6.22. The van der Waals surface area contributed by atoms with Crippen molar-refractivity contribution in [3.8, 4) is 0 Å². The molecule has 0 fully saturated rings. The van der Waals surface area contributed by atoms with Gasteiger partial charge in [-0.1, -0.05) is 18.2 Å². The summed E-state index contributed by atoms with van der Waals surface area (Å²) >= 11 is 0. The summed E-state index contributed by atoms with van der Waals surface area (Å²) in [4.78, 5) is 23.7. The number of hydrazone groups is 1. The van der Waals surface area contributed by atoms with E-state index in [1.807, 2.05) is 5.43 Å². The van der Waals surface area contributed by atoms with Crippen LogP contribution in [0, 0.1) is 29.1 Å². The summed E-state index contributed by atoms with van der Waals surface area (Å²) in [6.07, 6.45) is 0.278. The lowest BCUT2D eigenvalue weighted by Crippen LogP contribution is -2.43. The van der Waals surface area contributed by atoms with Crippen LogP contribution in [0.25, 0.3) is 0 Å². The smallest absolute Gasteiger partial charge is 0.262 e. The second kappa shape index (κ2) is 8.39. The average Bonchev–Trinajstić information content (AvgIpc) is 2.67. The number of hydrogen-bond acceptors (Lipinski definition) is 3. The van der Waals surface area contributed by atoms with Crippen LogP contribution in [0.15, 0.2) is 35.4 Å². The van der Waals surface area contributed by atoms with Gasteiger partial charge in [0.15, 0.2) is 23.3 Å². The molecule has 0 aliphatic heterocycles. The fourth-order valence-electron chi connectivity index (χ4n) is 1.93. The minimum Gasteiger partial charge on any atom is -0.340 e. The molecule has 27 heavy (non-hydrogen) atoms. The number of benzene rings is 2. The monoisotopic (exact) mass is 385 g/mol. The molecule has 2 rings (SSSR count). The van der Waals surface area contributed by atoms with Gasteiger partial charge in [-0.2, -0.15) is 5.10 Å². The molecule has 2 N–H and O–H groups in total. The van der Waals surface area contributed by atoms with E-state index in [-0.39, 0.29) is 6.21 Å². The fourth-order valence-corrected chi connectivity index (χ4v) is 1.93. The number of carbonyl (C=O) groups is 2. The third kappa shape index (κ3) is 4.46. The van der Waals surface area contributed by atoms with E-state index in [4.69, 9.17) is 0 Å². The fraction of sp³-hybridized carbons (Fsp3) is 0.118. The Bertz CT molecular complexity index is 874. The van der Waals surface area contributed by atoms with Gasteiger partial charge in [-0.3, -0.25) is 9.59 Å². The lowest BCUT2D eigenvalue weighted by Gasteiger charge is -2.12. The SMILES string of the molecule is CC(NC(=O)c1ccccc1)C(=O)N/N=C/c1c(F)c(F)c(F)c(F)c1F. The molecule has 2 aromatic rings. The minimum absolute atomic E-state index is 0.278. The molecule has 0 radical (unpaired) electrons. The Balaban J connectivity index is 2.04. The second-order valence-corrected chi connectivity index (χ2v) is 5.28. The predicted octanol–water partition coefficient (Wildman–Crippen LogP) is 2.65. The Labute approximate surface area is 149 Å². The van der Waals surface area contributed by atoms with Crippen LogP contribution >= 0.6 is 0 Å². The zero-order valence-electron chi connectivity index (χ0n) is 13.7. The van der Waals surface area contributed by atoms with Crippen LogP contribution in [-0.4, -0.2) is 24.1 Å². The highest BCUT2D eigenvalue weighted by molar-refractivity contribution is 5.97. The van der Waals surface area contributed by atoms with Crippen LogP contribution in [0.5, 0.6) is 0 Å². The molecule has 142 valence electrons. The van der Waals surface area contributed by atoms with E-state index in [1.165, 1.54) is 19.1 Å². The average molecular weight is 385 g/mol. The van der Waals surface area contributed by atoms with Crippen molar-refractivity contribution >= 4 is 18.0 Å². The van der Waals surface area contributed by atoms with E-state index in [1.54, 1.807) is 18.2 Å². The molecule has 1 atom stereocenters. The summed E-state index contributed by atoms with van der Waals surface area (Å²) in [7, 11) is 0. The number of carbonyl (C=O) groups excluding carboxylic acids is 2. The van der Waals surface area contributed by atoms with E-state index in [0.717, 1.165) is 0 Å². The largest absolute Gasteiger partial charge is 0.340 e. The maximum atomic E-state index is 13.5. The first kappa shape index (κ1) is 20.0. The zero-order chi connectivity index (χ0) is 20.1. The van der Waals surface area contributed by atoms with Crippen LogP contribution in [0.3, 0.4) is 0 Å². The number of halogens is 5. The summed E-state index contributed by atoms with van der Waals surface area (Å²) in [5.74, 6) is -12.2. The molecule has 2 amide bonds. The first-order valence-electron chi connectivity index (χ1n) is 7.44. The highest BCUT2D eigenvalue weighted by atomic mass is 19.2. The van der Waals surface area contributed by atoms with Gasteiger partial charge in [0, 0.05) is 5.56 Å². The van der Waals surface area contributed by atoms with Crippen LogP contribution in [0.1, 0.15) is 22.8 Å². The number of rotatable bonds is 5. The summed E-state index contributed by atoms with van der Waals surface area (Å²) in [6, 6.07) is 6.87. The van der Waals surface area contributed by atoms with E-state index >= 15 is 0 Å². The van der Waals surface area contributed by atoms with Crippen LogP contribution in [0.2, 0.25) is 0 Å². The molecular weight excluding hydrogens is 373 g/mol. The zero-order valence-corrected chi connectivity index (χ0v) is 13.7. The Morgan fingerprint density at radius 1 is 0.926 bits per heavy atom. The van der Waals surface area contributed by atoms with Gasteiger partial charge in [-0.05, 0) is 19.1 Å². The van der Waals surface area contributed by atoms with E-state index in [0.29, 0.717) is 5.56 Å². The van der Waals surface area contributed by atoms with Crippen molar-refractivity contribution in [2.24, 2.45) is 5.10 Å². The summed E-state index contributed by atoms with van der Waals surface area (Å²) in [5.41, 5.74) is 0.821. The molecule has 0 spiro atoms. The highest BCUT2D eigenvalue weighted by Gasteiger charge is 2.24. The normalized spacial score (nSPS) is 12.1. The van der Waals surface area contributed by atoms with Crippen LogP contribution in [-0.2, 0) is 4.79 Å². The molecule has 0 bridgehead atoms. The number of hydrogen-bond donors (Lipinski definition) is 2. The van der Waals surface area contributed by atoms with Gasteiger partial charge in [-0.15, -0.1) is 0 Å². The Hall–Kier alpha value is -3.30. The van der Waals surface area contributed by atoms with Gasteiger partial charge in [0.1, 0.15) is 6.04 Å². The van der Waals surface area contributed by atoms with Crippen molar-refractivity contribution in [1.29, 1.82) is 0 Å². The quantitative estimate of drug-likeness (QED) is 0.273. The highest BCUT2D eigenvalue weighted by Crippen LogP contribution is 2.21. The molecule has 1 unspecified atom stereocenters. The number of nitrogens with zero attached hydrogens (tertiary/aromatic N) is 1. The topological polar surface area (TPSA) is 70.6 Å². The van der Waals surface area contributed by atoms with E-state index in [9.17, 15) is 31.5 Å². The summed E-state index contributed by atoms with van der Waals surface area (Å²) in [5, 5.41) is 5.52. The van der Waals surface area contributed by atoms with Crippen molar-refractivity contribution in [2.45, 2.75) is 13.0 Å². The second-order valence-electron chi connectivity index (χ2n) is 5.28. The Morgan fingerprint density at radius 3 is 2.00 bits per heavy atom. The first-order valence-corrected chi connectivity index (χ1v) is 7.44. The molecule has 0 heterocycles. The molecule has 0 aromatic heterocycles. The van der Waals surface area contributed by atoms with Gasteiger partial charge >= 0.3 is 0 Å². The van der Waals surface area contributed by atoms with E-state index in [2.05, 4.69) is 10.4 Å². The minimum atomic E-state index is -2.30. The molecular formula is C17H12F5N3O2. The first-order chi connectivity index (χ1) is 12.7. The molecule has 0 saturated carbocycles. The summed E-state index contributed by atoms with van der Waals surface area (Å²) < 4.78 is 66.0. The lowest BCUT2D eigenvalue weighted by molar-refractivity contribution is -0.122. The third-order valence-electron chi connectivity index (χ3n) is 3.39. The van der Waals surface area contributed by atoms with Gasteiger partial charge in [-0.25, -0.2) is 27.4 Å². The molecule has 0 aliphatic rings. The maximum Gasteiger partial charge on any atom is 0.262 e. The van der Waals surface area contributed by atoms with Gasteiger partial charge in [0.2, 0.25) is 5.82 Å². The third-order valence-corrected chi connectivity index (χ3v) is 3.39. The maximum absolute atomic E-state index is 13.5.